The molecule has 1 aliphatic rings. The molecule has 1 amide bonds. The van der Waals surface area contributed by atoms with E-state index >= 15 is 0 Å². The number of carboxylic acid groups (broad SMARTS) is 1. The van der Waals surface area contributed by atoms with Crippen LogP contribution in [0.4, 0.5) is 16.6 Å². The second-order valence-electron chi connectivity index (χ2n) is 9.29. The number of nitrogens with one attached hydrogen (secondary N) is 1. The number of amides is 1. The van der Waals surface area contributed by atoms with Crippen molar-refractivity contribution in [2.24, 2.45) is 0 Å². The van der Waals surface area contributed by atoms with Gasteiger partial charge in [0.2, 0.25) is 5.95 Å². The molecule has 204 valence electrons. The number of fused-ring (bicyclic) bond motifs is 1. The van der Waals surface area contributed by atoms with Gasteiger partial charge in [-0.1, -0.05) is 60.7 Å². The van der Waals surface area contributed by atoms with E-state index in [9.17, 15) is 20.1 Å². The third kappa shape index (κ3) is 5.27. The Kier molecular flexibility index (Phi) is 7.70. The predicted octanol–water partition coefficient (Wildman–Crippen LogP) is 2.45. The van der Waals surface area contributed by atoms with Crippen molar-refractivity contribution in [2.45, 2.75) is 30.5 Å². The highest BCUT2D eigenvalue weighted by Crippen LogP contribution is 2.34. The minimum Gasteiger partial charge on any atom is -0.465 e. The minimum absolute atomic E-state index is 0.0370. The monoisotopic (exact) mass is 534 g/mol. The van der Waals surface area contributed by atoms with Gasteiger partial charge in [-0.2, -0.15) is 9.97 Å². The number of methoxy groups -OCH3 is 1. The molecule has 4 atom stereocenters. The van der Waals surface area contributed by atoms with E-state index in [1.54, 1.807) is 0 Å². The van der Waals surface area contributed by atoms with Crippen molar-refractivity contribution in [1.29, 1.82) is 0 Å². The Morgan fingerprint density at radius 3 is 2.31 bits per heavy atom. The summed E-state index contributed by atoms with van der Waals surface area (Å²) in [6.45, 7) is 0.511. The fourth-order valence-corrected chi connectivity index (χ4v) is 4.71. The smallest absolute Gasteiger partial charge is 0.413 e. The summed E-state index contributed by atoms with van der Waals surface area (Å²) < 4.78 is 12.4. The Hall–Kier alpha value is -4.10. The van der Waals surface area contributed by atoms with Gasteiger partial charge in [0.25, 0.3) is 0 Å². The molecular formula is C27H30N6O6. The summed E-state index contributed by atoms with van der Waals surface area (Å²) in [5, 5.41) is 34.1. The molecule has 12 nitrogen and oxygen atoms in total. The molecule has 0 aliphatic carbocycles. The van der Waals surface area contributed by atoms with E-state index in [0.717, 1.165) is 16.0 Å². The summed E-state index contributed by atoms with van der Waals surface area (Å²) in [5.41, 5.74) is 2.78. The summed E-state index contributed by atoms with van der Waals surface area (Å²) in [5.74, 6) is 0.196. The molecule has 0 unspecified atom stereocenters. The summed E-state index contributed by atoms with van der Waals surface area (Å²) in [6.07, 6.45) is -4.06. The van der Waals surface area contributed by atoms with Crippen LogP contribution in [0.15, 0.2) is 67.0 Å². The van der Waals surface area contributed by atoms with Crippen molar-refractivity contribution in [3.05, 3.63) is 78.1 Å². The van der Waals surface area contributed by atoms with E-state index < -0.39 is 30.6 Å². The number of benzene rings is 2. The van der Waals surface area contributed by atoms with Crippen LogP contribution < -0.4 is 10.2 Å². The first-order chi connectivity index (χ1) is 18.9. The number of rotatable bonds is 9. The van der Waals surface area contributed by atoms with Gasteiger partial charge in [0, 0.05) is 26.6 Å². The predicted molar refractivity (Wildman–Crippen MR) is 143 cm³/mol. The molecule has 0 radical (unpaired) electrons. The number of aliphatic hydroxyl groups excluding tert-OH is 2. The van der Waals surface area contributed by atoms with E-state index in [4.69, 9.17) is 9.47 Å². The molecule has 4 N–H and O–H groups in total. The van der Waals surface area contributed by atoms with Gasteiger partial charge in [-0.15, -0.1) is 0 Å². The van der Waals surface area contributed by atoms with Crippen LogP contribution in [-0.2, 0) is 9.47 Å². The lowest BCUT2D eigenvalue weighted by atomic mass is 9.91. The van der Waals surface area contributed by atoms with E-state index in [1.165, 1.54) is 25.1 Å². The van der Waals surface area contributed by atoms with Crippen LogP contribution in [0.25, 0.3) is 11.2 Å². The quantitative estimate of drug-likeness (QED) is 0.252. The lowest BCUT2D eigenvalue weighted by Crippen LogP contribution is -2.33. The molecule has 0 spiro atoms. The average molecular weight is 535 g/mol. The van der Waals surface area contributed by atoms with E-state index in [1.807, 2.05) is 60.7 Å². The first-order valence-corrected chi connectivity index (χ1v) is 12.4. The third-order valence-corrected chi connectivity index (χ3v) is 6.82. The molecule has 1 saturated heterocycles. The zero-order valence-corrected chi connectivity index (χ0v) is 21.5. The van der Waals surface area contributed by atoms with E-state index in [0.29, 0.717) is 17.9 Å². The Morgan fingerprint density at radius 1 is 1.08 bits per heavy atom. The average Bonchev–Trinajstić information content (AvgIpc) is 3.50. The van der Waals surface area contributed by atoms with Crippen molar-refractivity contribution in [3.63, 3.8) is 0 Å². The fraction of sp³-hybridized carbons (Fsp3) is 0.333. The van der Waals surface area contributed by atoms with Gasteiger partial charge in [-0.25, -0.2) is 14.7 Å². The number of carbonyl (C=O) groups is 1. The number of ether oxygens (including phenoxy) is 2. The Morgan fingerprint density at radius 2 is 1.72 bits per heavy atom. The van der Waals surface area contributed by atoms with Crippen molar-refractivity contribution < 1.29 is 29.6 Å². The van der Waals surface area contributed by atoms with Crippen LogP contribution in [-0.4, -0.2) is 86.6 Å². The lowest BCUT2D eigenvalue weighted by molar-refractivity contribution is -0.0580. The fourth-order valence-electron chi connectivity index (χ4n) is 4.71. The molecule has 1 fully saturated rings. The van der Waals surface area contributed by atoms with Gasteiger partial charge in [-0.05, 0) is 11.1 Å². The summed E-state index contributed by atoms with van der Waals surface area (Å²) in [7, 11) is 2.81. The molecule has 2 aromatic heterocycles. The second kappa shape index (κ2) is 11.3. The van der Waals surface area contributed by atoms with Crippen molar-refractivity contribution >= 4 is 29.0 Å². The van der Waals surface area contributed by atoms with Gasteiger partial charge in [-0.3, -0.25) is 4.57 Å². The number of anilines is 2. The number of aliphatic hydroxyl groups is 2. The number of hydrogen-bond donors (Lipinski definition) is 4. The zero-order chi connectivity index (χ0) is 27.5. The van der Waals surface area contributed by atoms with Gasteiger partial charge < -0.3 is 30.1 Å². The topological polar surface area (TPSA) is 155 Å². The molecule has 0 saturated carbocycles. The SMILES string of the molecule is COC[C@H]1O[C@@H](n2cnc3c(NCC(c4ccccc4)c4ccccc4)nc(N(C)C(=O)O)nc32)[C@H](O)[C@@H]1O. The Labute approximate surface area is 224 Å². The van der Waals surface area contributed by atoms with Gasteiger partial charge in [0.1, 0.15) is 18.3 Å². The summed E-state index contributed by atoms with van der Waals surface area (Å²) in [4.78, 5) is 26.0. The van der Waals surface area contributed by atoms with Gasteiger partial charge >= 0.3 is 6.09 Å². The second-order valence-corrected chi connectivity index (χ2v) is 9.29. The van der Waals surface area contributed by atoms with Crippen LogP contribution in [0.5, 0.6) is 0 Å². The number of imidazole rings is 1. The molecule has 1 aliphatic heterocycles. The molecular weight excluding hydrogens is 504 g/mol. The minimum atomic E-state index is -1.28. The van der Waals surface area contributed by atoms with E-state index in [2.05, 4.69) is 20.3 Å². The Bertz CT molecular complexity index is 1380. The van der Waals surface area contributed by atoms with Crippen LogP contribution >= 0.6 is 0 Å². The van der Waals surface area contributed by atoms with Crippen molar-refractivity contribution in [2.75, 3.05) is 37.5 Å². The molecule has 39 heavy (non-hydrogen) atoms. The number of hydrogen-bond acceptors (Lipinski definition) is 9. The highest BCUT2D eigenvalue weighted by Gasteiger charge is 2.44. The highest BCUT2D eigenvalue weighted by molar-refractivity contribution is 5.88. The maximum absolute atomic E-state index is 11.8. The normalized spacial score (nSPS) is 20.9. The summed E-state index contributed by atoms with van der Waals surface area (Å²) >= 11 is 0. The first kappa shape index (κ1) is 26.5. The molecule has 4 aromatic rings. The number of nitrogens with zero attached hydrogens (tertiary/aromatic N) is 5. The largest absolute Gasteiger partial charge is 0.465 e. The van der Waals surface area contributed by atoms with E-state index in [-0.39, 0.29) is 24.1 Å². The van der Waals surface area contributed by atoms with Gasteiger partial charge in [0.05, 0.1) is 12.9 Å². The maximum Gasteiger partial charge on any atom is 0.413 e. The highest BCUT2D eigenvalue weighted by atomic mass is 16.6. The van der Waals surface area contributed by atoms with Gasteiger partial charge in [0.15, 0.2) is 23.2 Å². The molecule has 2 aromatic carbocycles. The molecule has 5 rings (SSSR count). The van der Waals surface area contributed by atoms with Crippen LogP contribution in [0, 0.1) is 0 Å². The maximum atomic E-state index is 11.8. The van der Waals surface area contributed by atoms with Crippen molar-refractivity contribution in [3.8, 4) is 0 Å². The third-order valence-electron chi connectivity index (χ3n) is 6.82. The molecule has 0 bridgehead atoms. The lowest BCUT2D eigenvalue weighted by Gasteiger charge is -2.21. The van der Waals surface area contributed by atoms with Crippen LogP contribution in [0.3, 0.4) is 0 Å². The van der Waals surface area contributed by atoms with Crippen LogP contribution in [0.2, 0.25) is 0 Å². The molecule has 3 heterocycles. The van der Waals surface area contributed by atoms with Crippen molar-refractivity contribution in [1.82, 2.24) is 19.5 Å². The Balaban J connectivity index is 1.53. The zero-order valence-electron chi connectivity index (χ0n) is 21.5. The first-order valence-electron chi connectivity index (χ1n) is 12.4. The van der Waals surface area contributed by atoms with Crippen LogP contribution in [0.1, 0.15) is 23.3 Å². The number of aromatic nitrogens is 4. The molecule has 12 heteroatoms. The summed E-state index contributed by atoms with van der Waals surface area (Å²) in [6, 6.07) is 20.0. The standard InChI is InChI=1S/C27H30N6O6/c1-32(27(36)37)26-30-23(28-13-18(16-9-5-3-6-10-16)17-11-7-4-8-12-17)20-24(31-26)33(15-29-20)25-22(35)21(34)19(39-25)14-38-2/h3-12,15,18-19,21-22,25,34-35H,13-14H2,1-2H3,(H,36,37)(H,28,30,31)/t19-,21-,22-,25-/m1/s1.